The molecule has 1 heterocycles. The zero-order valence-corrected chi connectivity index (χ0v) is 16.8. The van der Waals surface area contributed by atoms with E-state index in [0.717, 1.165) is 16.9 Å². The summed E-state index contributed by atoms with van der Waals surface area (Å²) < 4.78 is 35.1. The summed E-state index contributed by atoms with van der Waals surface area (Å²) in [6.07, 6.45) is 7.83. The Morgan fingerprint density at radius 3 is 2.30 bits per heavy atom. The third-order valence-corrected chi connectivity index (χ3v) is 4.08. The van der Waals surface area contributed by atoms with E-state index in [-0.39, 0.29) is 17.1 Å². The first-order valence-corrected chi connectivity index (χ1v) is 10.0. The van der Waals surface area contributed by atoms with Crippen LogP contribution in [0.25, 0.3) is 6.08 Å². The van der Waals surface area contributed by atoms with Crippen LogP contribution in [0.4, 0.5) is 0 Å². The van der Waals surface area contributed by atoms with Crippen LogP contribution in [0.1, 0.15) is 38.3 Å². The minimum absolute atomic E-state index is 0.0666. The summed E-state index contributed by atoms with van der Waals surface area (Å²) in [6.45, 7) is 7.57. The molecule has 0 aliphatic heterocycles. The van der Waals surface area contributed by atoms with Gasteiger partial charge in [0.15, 0.2) is 0 Å². The van der Waals surface area contributed by atoms with Gasteiger partial charge in [-0.05, 0) is 57.9 Å². The fourth-order valence-corrected chi connectivity index (χ4v) is 2.45. The van der Waals surface area contributed by atoms with Crippen molar-refractivity contribution < 1.29 is 22.8 Å². The molecule has 0 aliphatic rings. The van der Waals surface area contributed by atoms with Gasteiger partial charge in [-0.2, -0.15) is 8.42 Å². The average molecular weight is 394 g/mol. The number of aryl methyl sites for hydroxylation is 1. The number of benzene rings is 1. The summed E-state index contributed by atoms with van der Waals surface area (Å²) in [5.74, 6) is 0.772. The molecular formula is C20H27NO5S. The lowest BCUT2D eigenvalue weighted by molar-refractivity contribution is 0.199. The second-order valence-electron chi connectivity index (χ2n) is 6.40. The third-order valence-electron chi connectivity index (χ3n) is 3.21. The molecule has 1 aromatic heterocycles. The molecule has 27 heavy (non-hydrogen) atoms. The van der Waals surface area contributed by atoms with Gasteiger partial charge in [0.1, 0.15) is 5.75 Å². The highest BCUT2D eigenvalue weighted by Crippen LogP contribution is 2.14. The molecule has 0 saturated carbocycles. The minimum Gasteiger partial charge on any atom is -0.489 e. The molecule has 2 aromatic rings. The highest BCUT2D eigenvalue weighted by atomic mass is 32.2. The van der Waals surface area contributed by atoms with Crippen LogP contribution < -0.4 is 4.74 Å². The van der Waals surface area contributed by atoms with E-state index in [2.05, 4.69) is 4.98 Å². The number of nitrogens with zero attached hydrogens (tertiary/aromatic N) is 1. The van der Waals surface area contributed by atoms with E-state index in [1.165, 1.54) is 12.1 Å². The molecule has 0 fully saturated rings. The Morgan fingerprint density at radius 1 is 1.15 bits per heavy atom. The Balaban J connectivity index is 0.000000289. The highest BCUT2D eigenvalue weighted by Gasteiger charge is 2.06. The first kappa shape index (κ1) is 22.8. The van der Waals surface area contributed by atoms with Gasteiger partial charge in [-0.25, -0.2) is 0 Å². The quantitative estimate of drug-likeness (QED) is 0.723. The monoisotopic (exact) mass is 393 g/mol. The molecule has 0 saturated heterocycles. The number of aliphatic hydroxyl groups excluding tert-OH is 1. The Morgan fingerprint density at radius 2 is 1.78 bits per heavy atom. The van der Waals surface area contributed by atoms with Crippen LogP contribution in [0, 0.1) is 6.92 Å². The lowest BCUT2D eigenvalue weighted by atomic mass is 10.2. The van der Waals surface area contributed by atoms with E-state index in [1.807, 2.05) is 39.0 Å². The van der Waals surface area contributed by atoms with Gasteiger partial charge in [0, 0.05) is 6.20 Å². The number of ether oxygens (including phenoxy) is 1. The second-order valence-corrected chi connectivity index (χ2v) is 7.82. The smallest absolute Gasteiger partial charge is 0.294 e. The van der Waals surface area contributed by atoms with Gasteiger partial charge in [-0.3, -0.25) is 9.54 Å². The van der Waals surface area contributed by atoms with Crippen LogP contribution in [-0.4, -0.2) is 35.3 Å². The van der Waals surface area contributed by atoms with Crippen LogP contribution in [0.3, 0.4) is 0 Å². The molecule has 0 unspecified atom stereocenters. The number of pyridine rings is 1. The van der Waals surface area contributed by atoms with Crippen LogP contribution in [-0.2, 0) is 10.1 Å². The van der Waals surface area contributed by atoms with Crippen molar-refractivity contribution in [1.29, 1.82) is 0 Å². The first-order chi connectivity index (χ1) is 12.6. The van der Waals surface area contributed by atoms with Crippen LogP contribution in [0.15, 0.2) is 53.7 Å². The summed E-state index contributed by atoms with van der Waals surface area (Å²) in [5, 5.41) is 9.11. The second kappa shape index (κ2) is 10.8. The number of aromatic nitrogens is 1. The summed E-state index contributed by atoms with van der Waals surface area (Å²) in [6, 6.07) is 7.92. The van der Waals surface area contributed by atoms with Crippen LogP contribution in [0.2, 0.25) is 0 Å². The van der Waals surface area contributed by atoms with Crippen molar-refractivity contribution in [2.24, 2.45) is 0 Å². The number of hydrogen-bond acceptors (Lipinski definition) is 5. The summed E-state index contributed by atoms with van der Waals surface area (Å²) in [5.41, 5.74) is 1.94. The fourth-order valence-electron chi connectivity index (χ4n) is 1.97. The van der Waals surface area contributed by atoms with Gasteiger partial charge in [-0.15, -0.1) is 0 Å². The topological polar surface area (TPSA) is 96.7 Å². The molecular weight excluding hydrogens is 366 g/mol. The molecule has 1 aromatic carbocycles. The van der Waals surface area contributed by atoms with Crippen molar-refractivity contribution >= 4 is 16.2 Å². The van der Waals surface area contributed by atoms with Gasteiger partial charge in [0.25, 0.3) is 10.1 Å². The molecule has 0 radical (unpaired) electrons. The van der Waals surface area contributed by atoms with Gasteiger partial charge >= 0.3 is 0 Å². The largest absolute Gasteiger partial charge is 0.489 e. The van der Waals surface area contributed by atoms with Crippen molar-refractivity contribution in [2.75, 3.05) is 0 Å². The molecule has 0 aliphatic carbocycles. The normalized spacial score (nSPS) is 12.6. The van der Waals surface area contributed by atoms with E-state index >= 15 is 0 Å². The predicted octanol–water partition coefficient (Wildman–Crippen LogP) is 3.89. The fraction of sp³-hybridized carbons (Fsp3) is 0.350. The zero-order valence-electron chi connectivity index (χ0n) is 16.0. The van der Waals surface area contributed by atoms with Crippen LogP contribution in [0.5, 0.6) is 5.75 Å². The number of aliphatic hydroxyl groups is 1. The maximum Gasteiger partial charge on any atom is 0.294 e. The highest BCUT2D eigenvalue weighted by molar-refractivity contribution is 7.85. The van der Waals surface area contributed by atoms with Gasteiger partial charge in [0.05, 0.1) is 23.3 Å². The molecule has 148 valence electrons. The van der Waals surface area contributed by atoms with Crippen LogP contribution >= 0.6 is 0 Å². The first-order valence-electron chi connectivity index (χ1n) is 8.58. The van der Waals surface area contributed by atoms with Gasteiger partial charge in [-0.1, -0.05) is 29.8 Å². The van der Waals surface area contributed by atoms with E-state index in [1.54, 1.807) is 31.5 Å². The summed E-state index contributed by atoms with van der Waals surface area (Å²) in [4.78, 5) is 4.03. The molecule has 1 atom stereocenters. The van der Waals surface area contributed by atoms with Crippen molar-refractivity contribution in [3.8, 4) is 5.75 Å². The minimum atomic E-state index is -4.02. The van der Waals surface area contributed by atoms with E-state index in [4.69, 9.17) is 14.4 Å². The summed E-state index contributed by atoms with van der Waals surface area (Å²) >= 11 is 0. The Kier molecular flexibility index (Phi) is 9.14. The zero-order chi connectivity index (χ0) is 20.4. The molecule has 0 spiro atoms. The van der Waals surface area contributed by atoms with E-state index < -0.39 is 10.1 Å². The van der Waals surface area contributed by atoms with E-state index in [0.29, 0.717) is 6.42 Å². The Labute approximate surface area is 161 Å². The van der Waals surface area contributed by atoms with Gasteiger partial charge in [0.2, 0.25) is 0 Å². The molecule has 2 rings (SSSR count). The molecule has 6 nitrogen and oxygen atoms in total. The lowest BCUT2D eigenvalue weighted by Gasteiger charge is -2.09. The average Bonchev–Trinajstić information content (AvgIpc) is 2.54. The standard InChI is InChI=1S/C13H19NO2.C7H8O3S/c1-10(2)16-13-7-12(8-14-9-13)6-4-5-11(3)15;1-6-2-4-7(5-3-6)11(8,9)10/h4,6-11,15H,5H2,1-3H3;2-5H,1H3,(H,8,9,10)/t11-;/m0./s1. The van der Waals surface area contributed by atoms with Crippen molar-refractivity contribution in [1.82, 2.24) is 4.98 Å². The lowest BCUT2D eigenvalue weighted by Crippen LogP contribution is -2.05. The Hall–Kier alpha value is -2.22. The van der Waals surface area contributed by atoms with E-state index in [9.17, 15) is 8.42 Å². The molecule has 2 N–H and O–H groups in total. The van der Waals surface area contributed by atoms with Crippen molar-refractivity contribution in [3.63, 3.8) is 0 Å². The molecule has 7 heteroatoms. The predicted molar refractivity (Wildman–Crippen MR) is 106 cm³/mol. The molecule has 0 amide bonds. The van der Waals surface area contributed by atoms with Gasteiger partial charge < -0.3 is 9.84 Å². The number of hydrogen-bond donors (Lipinski definition) is 2. The maximum absolute atomic E-state index is 10.5. The third kappa shape index (κ3) is 9.89. The Bertz CT molecular complexity index is 828. The van der Waals surface area contributed by atoms with Crippen molar-refractivity contribution in [3.05, 3.63) is 59.9 Å². The number of rotatable bonds is 6. The van der Waals surface area contributed by atoms with Crippen molar-refractivity contribution in [2.45, 2.75) is 51.2 Å². The molecule has 0 bridgehead atoms. The maximum atomic E-state index is 10.5. The summed E-state index contributed by atoms with van der Waals surface area (Å²) in [7, 11) is -4.02. The SMILES string of the molecule is CC(C)Oc1cncc(C=CC[C@H](C)O)c1.Cc1ccc(S(=O)(=O)O)cc1.